The lowest BCUT2D eigenvalue weighted by molar-refractivity contribution is 0.432. The Bertz CT molecular complexity index is 975. The molecule has 6 nitrogen and oxygen atoms in total. The zero-order valence-corrected chi connectivity index (χ0v) is 14.8. The quantitative estimate of drug-likeness (QED) is 0.409. The monoisotopic (exact) mass is 381 g/mol. The fourth-order valence-electron chi connectivity index (χ4n) is 2.18. The van der Waals surface area contributed by atoms with E-state index in [0.717, 1.165) is 10.6 Å². The zero-order chi connectivity index (χ0) is 17.3. The minimum Gasteiger partial charge on any atom is -0.507 e. The number of rotatable bonds is 4. The lowest BCUT2D eigenvalue weighted by Crippen LogP contribution is -2.19. The third-order valence-corrected chi connectivity index (χ3v) is 5.43. The number of hydrazone groups is 1. The Labute approximate surface area is 149 Å². The van der Waals surface area contributed by atoms with Crippen molar-refractivity contribution in [1.82, 2.24) is 4.98 Å². The first kappa shape index (κ1) is 16.7. The fraction of sp³-hybridized carbons (Fsp3) is 0.133. The molecule has 0 unspecified atom stereocenters. The number of nitrogens with two attached hydrogens (primary N) is 1. The highest BCUT2D eigenvalue weighted by Crippen LogP contribution is 2.34. The molecule has 0 amide bonds. The van der Waals surface area contributed by atoms with Crippen LogP contribution >= 0.6 is 34.3 Å². The lowest BCUT2D eigenvalue weighted by Gasteiger charge is -2.05. The molecule has 24 heavy (non-hydrogen) atoms. The summed E-state index contributed by atoms with van der Waals surface area (Å²) < 4.78 is 5.00. The summed E-state index contributed by atoms with van der Waals surface area (Å²) in [4.78, 5) is 17.4. The van der Waals surface area contributed by atoms with Crippen LogP contribution in [0.1, 0.15) is 16.3 Å². The van der Waals surface area contributed by atoms with Crippen LogP contribution in [-0.4, -0.2) is 15.8 Å². The van der Waals surface area contributed by atoms with Crippen LogP contribution < -0.4 is 11.5 Å². The van der Waals surface area contributed by atoms with Crippen LogP contribution in [0, 0.1) is 6.92 Å². The summed E-state index contributed by atoms with van der Waals surface area (Å²) in [6.45, 7) is 1.57. The summed E-state index contributed by atoms with van der Waals surface area (Å²) in [6, 6.07) is 3.16. The first-order chi connectivity index (χ1) is 11.5. The Hall–Kier alpha value is -2.16. The number of aromatic nitrogens is 1. The molecule has 3 N–H and O–H groups in total. The van der Waals surface area contributed by atoms with Gasteiger partial charge in [0.25, 0.3) is 0 Å². The summed E-state index contributed by atoms with van der Waals surface area (Å²) in [5.41, 5.74) is 0.231. The first-order valence-electron chi connectivity index (χ1n) is 6.78. The van der Waals surface area contributed by atoms with Crippen LogP contribution in [0.25, 0.3) is 10.6 Å². The fourth-order valence-corrected chi connectivity index (χ4v) is 4.15. The van der Waals surface area contributed by atoms with Crippen molar-refractivity contribution < 1.29 is 9.52 Å². The van der Waals surface area contributed by atoms with Crippen molar-refractivity contribution in [3.05, 3.63) is 54.7 Å². The largest absolute Gasteiger partial charge is 0.507 e. The van der Waals surface area contributed by atoms with Gasteiger partial charge in [-0.2, -0.15) is 5.10 Å². The Morgan fingerprint density at radius 3 is 2.92 bits per heavy atom. The molecule has 0 bridgehead atoms. The van der Waals surface area contributed by atoms with Crippen LogP contribution in [0.5, 0.6) is 5.75 Å². The smallest absolute Gasteiger partial charge is 0.348 e. The normalized spacial score (nSPS) is 11.8. The van der Waals surface area contributed by atoms with Crippen LogP contribution in [0.15, 0.2) is 37.2 Å². The van der Waals surface area contributed by atoms with Gasteiger partial charge in [0.05, 0.1) is 26.3 Å². The van der Waals surface area contributed by atoms with Crippen LogP contribution in [0.3, 0.4) is 0 Å². The number of nitrogens with zero attached hydrogens (tertiary/aromatic N) is 2. The Balaban J connectivity index is 1.92. The van der Waals surface area contributed by atoms with Crippen LogP contribution in [-0.2, 0) is 6.42 Å². The summed E-state index contributed by atoms with van der Waals surface area (Å²) in [6.07, 6.45) is 0.200. The average Bonchev–Trinajstić information content (AvgIpc) is 3.13. The van der Waals surface area contributed by atoms with E-state index in [1.165, 1.54) is 28.7 Å². The molecule has 124 valence electrons. The van der Waals surface area contributed by atoms with Crippen LogP contribution in [0.4, 0.5) is 0 Å². The summed E-state index contributed by atoms with van der Waals surface area (Å²) in [5.74, 6) is 5.50. The second-order valence-electron chi connectivity index (χ2n) is 4.88. The molecule has 3 heterocycles. The highest BCUT2D eigenvalue weighted by Gasteiger charge is 2.19. The van der Waals surface area contributed by atoms with Crippen molar-refractivity contribution in [3.8, 4) is 16.3 Å². The maximum absolute atomic E-state index is 12.0. The summed E-state index contributed by atoms with van der Waals surface area (Å²) >= 11 is 9.01. The SMILES string of the molecule is Cc1cc(O)c(/C(Cc2nc(-c3sccc3Cl)cs2)=N/N)c(=O)o1. The summed E-state index contributed by atoms with van der Waals surface area (Å²) in [5, 5.41) is 18.7. The van der Waals surface area contributed by atoms with Gasteiger partial charge in [-0.1, -0.05) is 11.6 Å². The topological polar surface area (TPSA) is 102 Å². The third kappa shape index (κ3) is 3.21. The highest BCUT2D eigenvalue weighted by atomic mass is 35.5. The van der Waals surface area contributed by atoms with Crippen molar-refractivity contribution in [1.29, 1.82) is 0 Å². The number of hydrogen-bond donors (Lipinski definition) is 2. The second kappa shape index (κ2) is 6.76. The number of hydrogen-bond acceptors (Lipinski definition) is 8. The third-order valence-electron chi connectivity index (χ3n) is 3.22. The molecule has 0 aliphatic carbocycles. The number of aryl methyl sites for hydroxylation is 1. The predicted octanol–water partition coefficient (Wildman–Crippen LogP) is 3.40. The van der Waals surface area contributed by atoms with E-state index in [0.29, 0.717) is 15.8 Å². The van der Waals surface area contributed by atoms with E-state index in [-0.39, 0.29) is 23.4 Å². The van der Waals surface area contributed by atoms with Crippen molar-refractivity contribution in [2.75, 3.05) is 0 Å². The van der Waals surface area contributed by atoms with Gasteiger partial charge in [-0.05, 0) is 18.4 Å². The van der Waals surface area contributed by atoms with E-state index in [9.17, 15) is 9.90 Å². The van der Waals surface area contributed by atoms with Gasteiger partial charge in [0, 0.05) is 17.9 Å². The highest BCUT2D eigenvalue weighted by molar-refractivity contribution is 7.15. The van der Waals surface area contributed by atoms with E-state index in [1.807, 2.05) is 16.8 Å². The van der Waals surface area contributed by atoms with Gasteiger partial charge in [-0.25, -0.2) is 9.78 Å². The molecule has 0 radical (unpaired) electrons. The molecular formula is C15H12ClN3O3S2. The molecule has 0 spiro atoms. The van der Waals surface area contributed by atoms with E-state index < -0.39 is 5.63 Å². The van der Waals surface area contributed by atoms with Gasteiger partial charge in [-0.15, -0.1) is 22.7 Å². The molecule has 3 aromatic heterocycles. The molecule has 0 aromatic carbocycles. The minimum absolute atomic E-state index is 0.0472. The Morgan fingerprint density at radius 2 is 2.29 bits per heavy atom. The molecule has 0 fully saturated rings. The van der Waals surface area contributed by atoms with Crippen molar-refractivity contribution >= 4 is 40.0 Å². The van der Waals surface area contributed by atoms with Crippen molar-refractivity contribution in [3.63, 3.8) is 0 Å². The van der Waals surface area contributed by atoms with E-state index in [2.05, 4.69) is 10.1 Å². The van der Waals surface area contributed by atoms with Gasteiger partial charge in [0.1, 0.15) is 17.1 Å². The molecular weight excluding hydrogens is 370 g/mol. The first-order valence-corrected chi connectivity index (χ1v) is 8.92. The molecule has 0 aliphatic rings. The van der Waals surface area contributed by atoms with Gasteiger partial charge in [-0.3, -0.25) is 0 Å². The Morgan fingerprint density at radius 1 is 1.50 bits per heavy atom. The molecule has 3 aromatic rings. The lowest BCUT2D eigenvalue weighted by atomic mass is 10.1. The molecule has 3 rings (SSSR count). The van der Waals surface area contributed by atoms with Crippen molar-refractivity contribution in [2.45, 2.75) is 13.3 Å². The Kier molecular flexibility index (Phi) is 4.70. The maximum atomic E-state index is 12.0. The molecule has 0 saturated carbocycles. The predicted molar refractivity (Wildman–Crippen MR) is 96.2 cm³/mol. The van der Waals surface area contributed by atoms with Crippen LogP contribution in [0.2, 0.25) is 5.02 Å². The number of thiophene rings is 1. The van der Waals surface area contributed by atoms with E-state index >= 15 is 0 Å². The number of thiazole rings is 1. The van der Waals surface area contributed by atoms with Gasteiger partial charge < -0.3 is 15.4 Å². The maximum Gasteiger partial charge on any atom is 0.348 e. The minimum atomic E-state index is -0.685. The standard InChI is InChI=1S/C15H12ClN3O3S2/c1-7-4-11(20)13(15(21)22-7)9(19-17)5-12-18-10(6-24-12)14-8(16)2-3-23-14/h2-4,6,20H,5,17H2,1H3/b19-9+. The number of aromatic hydroxyl groups is 1. The second-order valence-corrected chi connectivity index (χ2v) is 7.15. The molecule has 0 atom stereocenters. The molecule has 0 aliphatic heterocycles. The number of halogens is 1. The van der Waals surface area contributed by atoms with Gasteiger partial charge in [0.15, 0.2) is 0 Å². The molecule has 0 saturated heterocycles. The average molecular weight is 382 g/mol. The van der Waals surface area contributed by atoms with Crippen molar-refractivity contribution in [2.24, 2.45) is 10.9 Å². The van der Waals surface area contributed by atoms with Gasteiger partial charge >= 0.3 is 5.63 Å². The zero-order valence-electron chi connectivity index (χ0n) is 12.4. The van der Waals surface area contributed by atoms with Gasteiger partial charge in [0.2, 0.25) is 0 Å². The molecule has 9 heteroatoms. The summed E-state index contributed by atoms with van der Waals surface area (Å²) in [7, 11) is 0. The van der Waals surface area contributed by atoms with E-state index in [4.69, 9.17) is 21.9 Å². The van der Waals surface area contributed by atoms with E-state index in [1.54, 1.807) is 6.92 Å².